The predicted molar refractivity (Wildman–Crippen MR) is 106 cm³/mol. The van der Waals surface area contributed by atoms with Crippen molar-refractivity contribution in [3.63, 3.8) is 0 Å². The van der Waals surface area contributed by atoms with E-state index in [9.17, 15) is 4.79 Å². The summed E-state index contributed by atoms with van der Waals surface area (Å²) in [5.41, 5.74) is 1.81. The van der Waals surface area contributed by atoms with Crippen LogP contribution in [0.25, 0.3) is 0 Å². The lowest BCUT2D eigenvalue weighted by atomic mass is 10.1. The molecule has 134 valence electrons. The molecular weight excluding hydrogens is 294 g/mol. The molecule has 0 unspecified atom stereocenters. The van der Waals surface area contributed by atoms with E-state index in [0.717, 1.165) is 30.6 Å². The Morgan fingerprint density at radius 1 is 0.958 bits per heavy atom. The quantitative estimate of drug-likeness (QED) is 0.231. The third kappa shape index (κ3) is 10.3. The first kappa shape index (κ1) is 20.5. The molecule has 1 aromatic rings. The van der Waals surface area contributed by atoms with Crippen molar-refractivity contribution in [2.24, 2.45) is 0 Å². The van der Waals surface area contributed by atoms with E-state index in [4.69, 9.17) is 0 Å². The van der Waals surface area contributed by atoms with Crippen molar-refractivity contribution in [1.29, 1.82) is 0 Å². The summed E-state index contributed by atoms with van der Waals surface area (Å²) in [5.74, 6) is 0.118. The Kier molecular flexibility index (Phi) is 11.8. The Hall–Kier alpha value is -1.57. The van der Waals surface area contributed by atoms with Gasteiger partial charge < -0.3 is 5.32 Å². The van der Waals surface area contributed by atoms with Crippen molar-refractivity contribution in [1.82, 2.24) is 0 Å². The topological polar surface area (TPSA) is 29.1 Å². The molecule has 0 spiro atoms. The van der Waals surface area contributed by atoms with Crippen LogP contribution in [0, 0.1) is 0 Å². The lowest BCUT2D eigenvalue weighted by Gasteiger charge is -2.06. The number of unbranched alkanes of at least 4 members (excludes halogenated alkanes) is 8. The number of Topliss-reactive ketones (excluding diaryl/α,β-unsaturated/α-hetero) is 1. The van der Waals surface area contributed by atoms with Crippen molar-refractivity contribution in [3.05, 3.63) is 42.0 Å². The van der Waals surface area contributed by atoms with Gasteiger partial charge in [0.2, 0.25) is 0 Å². The number of benzene rings is 1. The third-order valence-corrected chi connectivity index (χ3v) is 4.29. The second kappa shape index (κ2) is 13.8. The van der Waals surface area contributed by atoms with Gasteiger partial charge in [0.05, 0.1) is 0 Å². The number of rotatable bonds is 14. The molecule has 0 bridgehead atoms. The monoisotopic (exact) mass is 329 g/mol. The van der Waals surface area contributed by atoms with Crippen molar-refractivity contribution >= 4 is 11.5 Å². The molecule has 0 radical (unpaired) electrons. The number of carbonyl (C=O) groups is 1. The molecular formula is C22H35NO. The second-order valence-corrected chi connectivity index (χ2v) is 6.59. The fourth-order valence-electron chi connectivity index (χ4n) is 2.76. The number of anilines is 1. The van der Waals surface area contributed by atoms with Crippen LogP contribution in [-0.4, -0.2) is 12.3 Å². The zero-order valence-electron chi connectivity index (χ0n) is 15.7. The summed E-state index contributed by atoms with van der Waals surface area (Å²) >= 11 is 0. The van der Waals surface area contributed by atoms with E-state index >= 15 is 0 Å². The Morgan fingerprint density at radius 3 is 2.33 bits per heavy atom. The first-order valence-electron chi connectivity index (χ1n) is 9.74. The zero-order chi connectivity index (χ0) is 17.5. The average Bonchev–Trinajstić information content (AvgIpc) is 2.59. The number of nitrogens with one attached hydrogen (secondary N) is 1. The van der Waals surface area contributed by atoms with Gasteiger partial charge in [-0.3, -0.25) is 4.79 Å². The molecule has 0 aliphatic heterocycles. The zero-order valence-corrected chi connectivity index (χ0v) is 15.7. The molecule has 0 heterocycles. The summed E-state index contributed by atoms with van der Waals surface area (Å²) in [5, 5.41) is 3.39. The van der Waals surface area contributed by atoms with E-state index in [1.54, 1.807) is 6.92 Å². The third-order valence-electron chi connectivity index (χ3n) is 4.29. The van der Waals surface area contributed by atoms with E-state index in [-0.39, 0.29) is 5.78 Å². The Labute approximate surface area is 148 Å². The highest BCUT2D eigenvalue weighted by Crippen LogP contribution is 2.12. The van der Waals surface area contributed by atoms with E-state index in [1.165, 1.54) is 51.4 Å². The van der Waals surface area contributed by atoms with Crippen LogP contribution in [0.3, 0.4) is 0 Å². The fourth-order valence-corrected chi connectivity index (χ4v) is 2.76. The molecule has 1 aromatic carbocycles. The molecule has 0 aliphatic carbocycles. The maximum atomic E-state index is 11.3. The number of ketones is 1. The maximum absolute atomic E-state index is 11.3. The highest BCUT2D eigenvalue weighted by Gasteiger charge is 1.99. The van der Waals surface area contributed by atoms with Gasteiger partial charge in [0.15, 0.2) is 5.78 Å². The molecule has 0 aromatic heterocycles. The van der Waals surface area contributed by atoms with Gasteiger partial charge in [0.25, 0.3) is 0 Å². The van der Waals surface area contributed by atoms with E-state index in [1.807, 2.05) is 24.3 Å². The minimum Gasteiger partial charge on any atom is -0.385 e. The molecule has 1 rings (SSSR count). The van der Waals surface area contributed by atoms with Gasteiger partial charge in [-0.05, 0) is 44.7 Å². The Morgan fingerprint density at radius 2 is 1.62 bits per heavy atom. The highest BCUT2D eigenvalue weighted by atomic mass is 16.1. The second-order valence-electron chi connectivity index (χ2n) is 6.59. The molecule has 24 heavy (non-hydrogen) atoms. The normalized spacial score (nSPS) is 11.1. The molecule has 2 heteroatoms. The van der Waals surface area contributed by atoms with E-state index in [0.29, 0.717) is 0 Å². The standard InChI is InChI=1S/C22H35NO/c1-3-4-5-6-7-8-9-10-11-12-13-14-18-23-22-17-15-16-21(19-22)20(2)24/h11-12,15-17,19,23H,3-10,13-14,18H2,1-2H3. The molecule has 0 saturated heterocycles. The average molecular weight is 330 g/mol. The summed E-state index contributed by atoms with van der Waals surface area (Å²) in [4.78, 5) is 11.3. The summed E-state index contributed by atoms with van der Waals surface area (Å²) in [6.45, 7) is 4.82. The number of hydrogen-bond donors (Lipinski definition) is 1. The first-order valence-corrected chi connectivity index (χ1v) is 9.74. The van der Waals surface area contributed by atoms with Crippen LogP contribution < -0.4 is 5.32 Å². The SMILES string of the molecule is CCCCCCCCCC=CCCCNc1cccc(C(C)=O)c1. The van der Waals surface area contributed by atoms with Crippen LogP contribution in [0.1, 0.15) is 88.4 Å². The lowest BCUT2D eigenvalue weighted by Crippen LogP contribution is -2.02. The van der Waals surface area contributed by atoms with Gasteiger partial charge >= 0.3 is 0 Å². The van der Waals surface area contributed by atoms with Crippen molar-refractivity contribution in [3.8, 4) is 0 Å². The number of allylic oxidation sites excluding steroid dienone is 2. The van der Waals surface area contributed by atoms with E-state index < -0.39 is 0 Å². The van der Waals surface area contributed by atoms with Crippen LogP contribution in [0.5, 0.6) is 0 Å². The van der Waals surface area contributed by atoms with Crippen LogP contribution >= 0.6 is 0 Å². The van der Waals surface area contributed by atoms with Gasteiger partial charge in [-0.1, -0.05) is 69.7 Å². The van der Waals surface area contributed by atoms with Crippen LogP contribution in [-0.2, 0) is 0 Å². The Bertz CT molecular complexity index is 479. The maximum Gasteiger partial charge on any atom is 0.159 e. The smallest absolute Gasteiger partial charge is 0.159 e. The largest absolute Gasteiger partial charge is 0.385 e. The van der Waals surface area contributed by atoms with Gasteiger partial charge in [-0.2, -0.15) is 0 Å². The van der Waals surface area contributed by atoms with Crippen molar-refractivity contribution in [2.75, 3.05) is 11.9 Å². The molecule has 1 N–H and O–H groups in total. The number of hydrogen-bond acceptors (Lipinski definition) is 2. The van der Waals surface area contributed by atoms with Crippen LogP contribution in [0.4, 0.5) is 5.69 Å². The Balaban J connectivity index is 1.98. The van der Waals surface area contributed by atoms with Crippen LogP contribution in [0.15, 0.2) is 36.4 Å². The van der Waals surface area contributed by atoms with Crippen molar-refractivity contribution < 1.29 is 4.79 Å². The summed E-state index contributed by atoms with van der Waals surface area (Å²) in [6.07, 6.45) is 17.8. The molecule has 0 fully saturated rings. The fraction of sp³-hybridized carbons (Fsp3) is 0.591. The highest BCUT2D eigenvalue weighted by molar-refractivity contribution is 5.94. The van der Waals surface area contributed by atoms with Gasteiger partial charge in [0.1, 0.15) is 0 Å². The molecule has 0 saturated carbocycles. The van der Waals surface area contributed by atoms with Gasteiger partial charge in [0, 0.05) is 17.8 Å². The summed E-state index contributed by atoms with van der Waals surface area (Å²) < 4.78 is 0. The van der Waals surface area contributed by atoms with Gasteiger partial charge in [-0.25, -0.2) is 0 Å². The van der Waals surface area contributed by atoms with Crippen LogP contribution in [0.2, 0.25) is 0 Å². The summed E-state index contributed by atoms with van der Waals surface area (Å²) in [6, 6.07) is 7.74. The number of carbonyl (C=O) groups excluding carboxylic acids is 1. The van der Waals surface area contributed by atoms with Crippen molar-refractivity contribution in [2.45, 2.75) is 78.1 Å². The molecule has 2 nitrogen and oxygen atoms in total. The lowest BCUT2D eigenvalue weighted by molar-refractivity contribution is 0.101. The summed E-state index contributed by atoms with van der Waals surface area (Å²) in [7, 11) is 0. The minimum absolute atomic E-state index is 0.118. The predicted octanol–water partition coefficient (Wildman–Crippen LogP) is 6.78. The molecule has 0 aliphatic rings. The van der Waals surface area contributed by atoms with Gasteiger partial charge in [-0.15, -0.1) is 0 Å². The van der Waals surface area contributed by atoms with E-state index in [2.05, 4.69) is 24.4 Å². The molecule has 0 amide bonds. The first-order chi connectivity index (χ1) is 11.7. The minimum atomic E-state index is 0.118. The molecule has 0 atom stereocenters.